The summed E-state index contributed by atoms with van der Waals surface area (Å²) in [5.41, 5.74) is 1.45. The summed E-state index contributed by atoms with van der Waals surface area (Å²) < 4.78 is 0. The van der Waals surface area contributed by atoms with Crippen LogP contribution in [0.4, 0.5) is 0 Å². The van der Waals surface area contributed by atoms with Gasteiger partial charge in [-0.05, 0) is 43.2 Å². The fraction of sp³-hybridized carbons (Fsp3) is 0.647. The van der Waals surface area contributed by atoms with E-state index in [0.717, 1.165) is 30.8 Å². The number of hydrogen-bond acceptors (Lipinski definition) is 1. The SMILES string of the molecule is CC(C)C1CCCC(NCCc2ccccc2)C1. The summed E-state index contributed by atoms with van der Waals surface area (Å²) in [6, 6.07) is 11.6. The first kappa shape index (κ1) is 13.6. The second-order valence-electron chi connectivity index (χ2n) is 6.06. The van der Waals surface area contributed by atoms with E-state index in [-0.39, 0.29) is 0 Å². The zero-order chi connectivity index (χ0) is 12.8. The van der Waals surface area contributed by atoms with E-state index >= 15 is 0 Å². The van der Waals surface area contributed by atoms with Crippen molar-refractivity contribution in [3.05, 3.63) is 35.9 Å². The average molecular weight is 245 g/mol. The molecular formula is C17H27N. The van der Waals surface area contributed by atoms with Gasteiger partial charge in [0.05, 0.1) is 0 Å². The lowest BCUT2D eigenvalue weighted by Gasteiger charge is -2.32. The Morgan fingerprint density at radius 1 is 1.17 bits per heavy atom. The molecule has 2 atom stereocenters. The predicted molar refractivity (Wildman–Crippen MR) is 78.7 cm³/mol. The van der Waals surface area contributed by atoms with E-state index in [0.29, 0.717) is 0 Å². The summed E-state index contributed by atoms with van der Waals surface area (Å²) in [6.45, 7) is 5.87. The summed E-state index contributed by atoms with van der Waals surface area (Å²) >= 11 is 0. The molecule has 0 radical (unpaired) electrons. The van der Waals surface area contributed by atoms with Crippen molar-refractivity contribution in [2.75, 3.05) is 6.54 Å². The van der Waals surface area contributed by atoms with E-state index in [4.69, 9.17) is 0 Å². The third-order valence-corrected chi connectivity index (χ3v) is 4.35. The van der Waals surface area contributed by atoms with Crippen molar-refractivity contribution in [3.8, 4) is 0 Å². The van der Waals surface area contributed by atoms with Gasteiger partial charge in [0.2, 0.25) is 0 Å². The van der Waals surface area contributed by atoms with Gasteiger partial charge in [-0.25, -0.2) is 0 Å². The highest BCUT2D eigenvalue weighted by Crippen LogP contribution is 2.29. The lowest BCUT2D eigenvalue weighted by molar-refractivity contribution is 0.232. The van der Waals surface area contributed by atoms with Crippen LogP contribution in [0.1, 0.15) is 45.1 Å². The van der Waals surface area contributed by atoms with Crippen LogP contribution < -0.4 is 5.32 Å². The van der Waals surface area contributed by atoms with Crippen LogP contribution in [0.5, 0.6) is 0 Å². The summed E-state index contributed by atoms with van der Waals surface area (Å²) in [6.07, 6.45) is 6.76. The molecule has 1 heteroatoms. The van der Waals surface area contributed by atoms with Gasteiger partial charge in [-0.1, -0.05) is 57.0 Å². The second-order valence-corrected chi connectivity index (χ2v) is 6.06. The number of hydrogen-bond donors (Lipinski definition) is 1. The van der Waals surface area contributed by atoms with Gasteiger partial charge in [-0.15, -0.1) is 0 Å². The Labute approximate surface area is 112 Å². The van der Waals surface area contributed by atoms with E-state index in [9.17, 15) is 0 Å². The Hall–Kier alpha value is -0.820. The molecule has 2 rings (SSSR count). The normalized spacial score (nSPS) is 24.4. The van der Waals surface area contributed by atoms with Gasteiger partial charge < -0.3 is 5.32 Å². The highest BCUT2D eigenvalue weighted by molar-refractivity contribution is 5.14. The molecule has 0 saturated heterocycles. The summed E-state index contributed by atoms with van der Waals surface area (Å²) in [7, 11) is 0. The van der Waals surface area contributed by atoms with Crippen molar-refractivity contribution in [1.29, 1.82) is 0 Å². The topological polar surface area (TPSA) is 12.0 Å². The Morgan fingerprint density at radius 2 is 1.94 bits per heavy atom. The maximum Gasteiger partial charge on any atom is 0.00699 e. The molecule has 1 nitrogen and oxygen atoms in total. The molecule has 0 amide bonds. The third kappa shape index (κ3) is 4.13. The molecule has 2 unspecified atom stereocenters. The Balaban J connectivity index is 1.70. The highest BCUT2D eigenvalue weighted by Gasteiger charge is 2.23. The first-order valence-electron chi connectivity index (χ1n) is 7.53. The van der Waals surface area contributed by atoms with Crippen molar-refractivity contribution in [2.24, 2.45) is 11.8 Å². The molecule has 0 spiro atoms. The van der Waals surface area contributed by atoms with Crippen molar-refractivity contribution >= 4 is 0 Å². The molecule has 0 aliphatic heterocycles. The molecule has 100 valence electrons. The van der Waals surface area contributed by atoms with Gasteiger partial charge in [-0.2, -0.15) is 0 Å². The summed E-state index contributed by atoms with van der Waals surface area (Å²) in [4.78, 5) is 0. The third-order valence-electron chi connectivity index (χ3n) is 4.35. The van der Waals surface area contributed by atoms with Crippen LogP contribution >= 0.6 is 0 Å². The van der Waals surface area contributed by atoms with Crippen LogP contribution in [0, 0.1) is 11.8 Å². The standard InChI is InChI=1S/C17H27N/c1-14(2)16-9-6-10-17(13-16)18-12-11-15-7-4-3-5-8-15/h3-5,7-8,14,16-18H,6,9-13H2,1-2H3. The molecule has 0 bridgehead atoms. The lowest BCUT2D eigenvalue weighted by atomic mass is 9.79. The smallest absolute Gasteiger partial charge is 0.00699 e. The van der Waals surface area contributed by atoms with E-state index < -0.39 is 0 Å². The zero-order valence-electron chi connectivity index (χ0n) is 11.9. The van der Waals surface area contributed by atoms with Gasteiger partial charge in [0.15, 0.2) is 0 Å². The van der Waals surface area contributed by atoms with Gasteiger partial charge in [0, 0.05) is 6.04 Å². The minimum absolute atomic E-state index is 0.759. The van der Waals surface area contributed by atoms with Crippen molar-refractivity contribution in [2.45, 2.75) is 52.0 Å². The zero-order valence-corrected chi connectivity index (χ0v) is 11.9. The van der Waals surface area contributed by atoms with Gasteiger partial charge in [-0.3, -0.25) is 0 Å². The first-order valence-corrected chi connectivity index (χ1v) is 7.53. The van der Waals surface area contributed by atoms with E-state index in [1.165, 1.54) is 31.2 Å². The largest absolute Gasteiger partial charge is 0.314 e. The van der Waals surface area contributed by atoms with Crippen LogP contribution in [0.3, 0.4) is 0 Å². The van der Waals surface area contributed by atoms with Crippen LogP contribution in [0.15, 0.2) is 30.3 Å². The average Bonchev–Trinajstić information content (AvgIpc) is 2.40. The molecular weight excluding hydrogens is 218 g/mol. The van der Waals surface area contributed by atoms with Crippen molar-refractivity contribution < 1.29 is 0 Å². The molecule has 1 aromatic carbocycles. The van der Waals surface area contributed by atoms with Crippen LogP contribution in [-0.2, 0) is 6.42 Å². The molecule has 1 N–H and O–H groups in total. The number of benzene rings is 1. The Morgan fingerprint density at radius 3 is 2.67 bits per heavy atom. The molecule has 18 heavy (non-hydrogen) atoms. The highest BCUT2D eigenvalue weighted by atomic mass is 14.9. The molecule has 1 saturated carbocycles. The van der Waals surface area contributed by atoms with E-state index in [1.54, 1.807) is 0 Å². The maximum atomic E-state index is 3.75. The lowest BCUT2D eigenvalue weighted by Crippen LogP contribution is -2.36. The molecule has 1 fully saturated rings. The molecule has 0 aromatic heterocycles. The molecule has 1 aliphatic rings. The van der Waals surface area contributed by atoms with Gasteiger partial charge in [0.1, 0.15) is 0 Å². The Bertz CT molecular complexity index is 331. The van der Waals surface area contributed by atoms with E-state index in [1.807, 2.05) is 0 Å². The summed E-state index contributed by atoms with van der Waals surface area (Å²) in [5, 5.41) is 3.75. The van der Waals surface area contributed by atoms with Crippen LogP contribution in [0.2, 0.25) is 0 Å². The van der Waals surface area contributed by atoms with Crippen molar-refractivity contribution in [1.82, 2.24) is 5.32 Å². The second kappa shape index (κ2) is 6.94. The first-order chi connectivity index (χ1) is 8.75. The van der Waals surface area contributed by atoms with Gasteiger partial charge in [0.25, 0.3) is 0 Å². The van der Waals surface area contributed by atoms with Crippen molar-refractivity contribution in [3.63, 3.8) is 0 Å². The minimum Gasteiger partial charge on any atom is -0.314 e. The van der Waals surface area contributed by atoms with Crippen LogP contribution in [0.25, 0.3) is 0 Å². The summed E-state index contributed by atoms with van der Waals surface area (Å²) in [5.74, 6) is 1.79. The fourth-order valence-corrected chi connectivity index (χ4v) is 3.08. The predicted octanol–water partition coefficient (Wildman–Crippen LogP) is 4.03. The van der Waals surface area contributed by atoms with Gasteiger partial charge >= 0.3 is 0 Å². The number of rotatable bonds is 5. The quantitative estimate of drug-likeness (QED) is 0.825. The molecule has 1 aliphatic carbocycles. The number of nitrogens with one attached hydrogen (secondary N) is 1. The monoisotopic (exact) mass is 245 g/mol. The minimum atomic E-state index is 0.759. The molecule has 0 heterocycles. The van der Waals surface area contributed by atoms with Crippen LogP contribution in [-0.4, -0.2) is 12.6 Å². The Kier molecular flexibility index (Phi) is 5.25. The maximum absolute atomic E-state index is 3.75. The fourth-order valence-electron chi connectivity index (χ4n) is 3.08. The van der Waals surface area contributed by atoms with E-state index in [2.05, 4.69) is 49.5 Å². The molecule has 1 aromatic rings.